The number of aryl methyl sites for hydroxylation is 1. The van der Waals surface area contributed by atoms with Crippen LogP contribution in [0.2, 0.25) is 0 Å². The van der Waals surface area contributed by atoms with E-state index in [1.807, 2.05) is 18.7 Å². The molecule has 1 aromatic rings. The number of carbonyl (C=O) groups is 1. The van der Waals surface area contributed by atoms with E-state index in [-0.39, 0.29) is 17.6 Å². The normalized spacial score (nSPS) is 19.8. The van der Waals surface area contributed by atoms with Gasteiger partial charge in [-0.1, -0.05) is 6.92 Å². The Morgan fingerprint density at radius 1 is 1.21 bits per heavy atom. The number of benzene rings is 1. The molecule has 0 amide bonds. The third-order valence-electron chi connectivity index (χ3n) is 5.65. The van der Waals surface area contributed by atoms with E-state index >= 15 is 0 Å². The van der Waals surface area contributed by atoms with Gasteiger partial charge in [-0.05, 0) is 69.6 Å². The predicted molar refractivity (Wildman–Crippen MR) is 107 cm³/mol. The minimum absolute atomic E-state index is 0.0262. The first-order valence-corrected chi connectivity index (χ1v) is 10.5. The van der Waals surface area contributed by atoms with Gasteiger partial charge in [0.1, 0.15) is 6.10 Å². The third-order valence-corrected chi connectivity index (χ3v) is 5.65. The van der Waals surface area contributed by atoms with Crippen LogP contribution >= 0.6 is 0 Å². The average molecular weight is 415 g/mol. The molecule has 1 saturated carbocycles. The molecule has 1 N–H and O–H groups in total. The maximum absolute atomic E-state index is 13.2. The molecule has 29 heavy (non-hydrogen) atoms. The number of halogens is 3. The van der Waals surface area contributed by atoms with E-state index in [0.29, 0.717) is 36.7 Å². The molecule has 1 aliphatic carbocycles. The Hall–Kier alpha value is -1.76. The molecule has 0 bridgehead atoms. The van der Waals surface area contributed by atoms with Crippen LogP contribution in [0.3, 0.4) is 0 Å². The SMILES string of the molecule is CCCC(=O)OC1CCC(CN(CC)c2cc(C)c(C(F)(F)F)cc2CO)CC1. The Labute approximate surface area is 171 Å². The van der Waals surface area contributed by atoms with Gasteiger partial charge in [-0.25, -0.2) is 0 Å². The van der Waals surface area contributed by atoms with Crippen LogP contribution in [0, 0.1) is 12.8 Å². The van der Waals surface area contributed by atoms with E-state index in [0.717, 1.165) is 38.2 Å². The fraction of sp³-hybridized carbons (Fsp3) is 0.682. The number of nitrogens with zero attached hydrogens (tertiary/aromatic N) is 1. The maximum atomic E-state index is 13.2. The van der Waals surface area contributed by atoms with Crippen molar-refractivity contribution in [1.82, 2.24) is 0 Å². The van der Waals surface area contributed by atoms with E-state index in [1.54, 1.807) is 0 Å². The van der Waals surface area contributed by atoms with Crippen molar-refractivity contribution < 1.29 is 27.8 Å². The first-order chi connectivity index (χ1) is 13.7. The number of ether oxygens (including phenoxy) is 1. The molecule has 0 unspecified atom stereocenters. The molecule has 0 saturated heterocycles. The molecule has 1 fully saturated rings. The molecule has 0 atom stereocenters. The summed E-state index contributed by atoms with van der Waals surface area (Å²) >= 11 is 0. The van der Waals surface area contributed by atoms with Crippen molar-refractivity contribution in [3.8, 4) is 0 Å². The highest BCUT2D eigenvalue weighted by Gasteiger charge is 2.34. The fourth-order valence-corrected chi connectivity index (χ4v) is 4.05. The number of aliphatic hydroxyl groups excluding tert-OH is 1. The van der Waals surface area contributed by atoms with E-state index in [4.69, 9.17) is 4.74 Å². The Morgan fingerprint density at radius 3 is 2.38 bits per heavy atom. The second-order valence-corrected chi connectivity index (χ2v) is 7.87. The number of carbonyl (C=O) groups excluding carboxylic acids is 1. The highest BCUT2D eigenvalue weighted by Crippen LogP contribution is 2.37. The summed E-state index contributed by atoms with van der Waals surface area (Å²) in [5.74, 6) is 0.240. The third kappa shape index (κ3) is 6.36. The van der Waals surface area contributed by atoms with Crippen molar-refractivity contribution in [2.75, 3.05) is 18.0 Å². The maximum Gasteiger partial charge on any atom is 0.416 e. The molecule has 164 valence electrons. The highest BCUT2D eigenvalue weighted by molar-refractivity contribution is 5.69. The van der Waals surface area contributed by atoms with Gasteiger partial charge in [-0.2, -0.15) is 13.2 Å². The highest BCUT2D eigenvalue weighted by atomic mass is 19.4. The van der Waals surface area contributed by atoms with Crippen LogP contribution in [0.4, 0.5) is 18.9 Å². The topological polar surface area (TPSA) is 49.8 Å². The van der Waals surface area contributed by atoms with Gasteiger partial charge < -0.3 is 14.7 Å². The molecule has 1 aromatic carbocycles. The van der Waals surface area contributed by atoms with E-state index in [2.05, 4.69) is 0 Å². The van der Waals surface area contributed by atoms with Crippen LogP contribution in [-0.2, 0) is 22.3 Å². The lowest BCUT2D eigenvalue weighted by molar-refractivity contribution is -0.151. The van der Waals surface area contributed by atoms with Gasteiger partial charge >= 0.3 is 12.1 Å². The Kier molecular flexibility index (Phi) is 8.37. The number of hydrogen-bond donors (Lipinski definition) is 1. The summed E-state index contributed by atoms with van der Waals surface area (Å²) in [5, 5.41) is 9.67. The minimum Gasteiger partial charge on any atom is -0.462 e. The number of rotatable bonds is 8. The molecule has 0 aromatic heterocycles. The van der Waals surface area contributed by atoms with Crippen LogP contribution in [0.15, 0.2) is 12.1 Å². The molecule has 0 aliphatic heterocycles. The molecule has 7 heteroatoms. The monoisotopic (exact) mass is 415 g/mol. The van der Waals surface area contributed by atoms with Gasteiger partial charge in [0.25, 0.3) is 0 Å². The van der Waals surface area contributed by atoms with Gasteiger partial charge in [0.2, 0.25) is 0 Å². The molecule has 2 rings (SSSR count). The van der Waals surface area contributed by atoms with Gasteiger partial charge in [0, 0.05) is 30.8 Å². The Morgan fingerprint density at radius 2 is 1.86 bits per heavy atom. The van der Waals surface area contributed by atoms with Crippen molar-refractivity contribution in [2.45, 2.75) is 78.2 Å². The molecule has 0 radical (unpaired) electrons. The summed E-state index contributed by atoms with van der Waals surface area (Å²) in [6.07, 6.45) is 0.218. The van der Waals surface area contributed by atoms with Crippen LogP contribution in [-0.4, -0.2) is 30.3 Å². The van der Waals surface area contributed by atoms with Crippen LogP contribution in [0.25, 0.3) is 0 Å². The lowest BCUT2D eigenvalue weighted by Crippen LogP contribution is -2.34. The molecular formula is C22H32F3NO3. The average Bonchev–Trinajstić information content (AvgIpc) is 2.66. The summed E-state index contributed by atoms with van der Waals surface area (Å²) in [7, 11) is 0. The molecule has 1 aliphatic rings. The Balaban J connectivity index is 2.06. The van der Waals surface area contributed by atoms with Gasteiger partial charge in [-0.3, -0.25) is 4.79 Å². The van der Waals surface area contributed by atoms with Crippen LogP contribution in [0.5, 0.6) is 0 Å². The molecule has 0 heterocycles. The zero-order chi connectivity index (χ0) is 21.6. The lowest BCUT2D eigenvalue weighted by atomic mass is 9.86. The smallest absolute Gasteiger partial charge is 0.416 e. The van der Waals surface area contributed by atoms with Gasteiger partial charge in [0.05, 0.1) is 12.2 Å². The largest absolute Gasteiger partial charge is 0.462 e. The number of hydrogen-bond acceptors (Lipinski definition) is 4. The summed E-state index contributed by atoms with van der Waals surface area (Å²) in [4.78, 5) is 13.7. The molecule has 0 spiro atoms. The van der Waals surface area contributed by atoms with Crippen LogP contribution < -0.4 is 4.90 Å². The quantitative estimate of drug-likeness (QED) is 0.591. The summed E-state index contributed by atoms with van der Waals surface area (Å²) in [5.41, 5.74) is 0.425. The first-order valence-electron chi connectivity index (χ1n) is 10.5. The van der Waals surface area contributed by atoms with Crippen molar-refractivity contribution >= 4 is 11.7 Å². The lowest BCUT2D eigenvalue weighted by Gasteiger charge is -2.34. The summed E-state index contributed by atoms with van der Waals surface area (Å²) in [6.45, 7) is 6.28. The standard InChI is InChI=1S/C22H32F3NO3/c1-4-6-21(28)29-18-9-7-16(8-10-18)13-26(5-2)20-11-15(3)19(22(23,24)25)12-17(20)14-27/h11-12,16,18,27H,4-10,13-14H2,1-3H3. The minimum atomic E-state index is -4.43. The van der Waals surface area contributed by atoms with E-state index < -0.39 is 18.3 Å². The van der Waals surface area contributed by atoms with Crippen LogP contribution in [0.1, 0.15) is 69.1 Å². The van der Waals surface area contributed by atoms with Crippen molar-refractivity contribution in [2.24, 2.45) is 5.92 Å². The Bertz CT molecular complexity index is 683. The first kappa shape index (κ1) is 23.5. The van der Waals surface area contributed by atoms with Gasteiger partial charge in [-0.15, -0.1) is 0 Å². The van der Waals surface area contributed by atoms with Crippen molar-refractivity contribution in [3.05, 3.63) is 28.8 Å². The second-order valence-electron chi connectivity index (χ2n) is 7.87. The fourth-order valence-electron chi connectivity index (χ4n) is 4.05. The second kappa shape index (κ2) is 10.3. The van der Waals surface area contributed by atoms with Gasteiger partial charge in [0.15, 0.2) is 0 Å². The van der Waals surface area contributed by atoms with E-state index in [1.165, 1.54) is 13.0 Å². The predicted octanol–water partition coefficient (Wildman–Crippen LogP) is 5.23. The zero-order valence-corrected chi connectivity index (χ0v) is 17.5. The summed E-state index contributed by atoms with van der Waals surface area (Å²) < 4.78 is 45.1. The van der Waals surface area contributed by atoms with Crippen molar-refractivity contribution in [1.29, 1.82) is 0 Å². The van der Waals surface area contributed by atoms with Crippen molar-refractivity contribution in [3.63, 3.8) is 0 Å². The zero-order valence-electron chi connectivity index (χ0n) is 17.5. The number of alkyl halides is 3. The van der Waals surface area contributed by atoms with E-state index in [9.17, 15) is 23.1 Å². The number of esters is 1. The number of aliphatic hydroxyl groups is 1. The summed E-state index contributed by atoms with van der Waals surface area (Å²) in [6, 6.07) is 2.60. The number of anilines is 1. The molecular weight excluding hydrogens is 383 g/mol. The molecule has 4 nitrogen and oxygen atoms in total.